The molecule has 0 saturated heterocycles. The van der Waals surface area contributed by atoms with Crippen molar-refractivity contribution in [3.63, 3.8) is 0 Å². The van der Waals surface area contributed by atoms with Gasteiger partial charge in [0.2, 0.25) is 0 Å². The molecule has 0 spiro atoms. The van der Waals surface area contributed by atoms with Crippen molar-refractivity contribution in [3.05, 3.63) is 93.3 Å². The lowest BCUT2D eigenvalue weighted by molar-refractivity contribution is 0.0687. The summed E-state index contributed by atoms with van der Waals surface area (Å²) in [6, 6.07) is 13.8. The van der Waals surface area contributed by atoms with Gasteiger partial charge in [0, 0.05) is 33.8 Å². The van der Waals surface area contributed by atoms with Crippen LogP contribution in [0.3, 0.4) is 0 Å². The molecule has 29 heavy (non-hydrogen) atoms. The second kappa shape index (κ2) is 7.05. The van der Waals surface area contributed by atoms with Crippen molar-refractivity contribution in [1.82, 2.24) is 9.55 Å². The Balaban J connectivity index is 2.09. The number of hydrogen-bond donors (Lipinski definition) is 2. The molecule has 5 nitrogen and oxygen atoms in total. The smallest absolute Gasteiger partial charge is 0.353 e. The zero-order valence-electron chi connectivity index (χ0n) is 16.0. The molecule has 4 aromatic rings. The van der Waals surface area contributed by atoms with Crippen LogP contribution in [0.5, 0.6) is 0 Å². The van der Waals surface area contributed by atoms with Crippen LogP contribution in [0, 0.1) is 19.7 Å². The largest absolute Gasteiger partial charge is 0.477 e. The molecule has 2 aromatic heterocycles. The average Bonchev–Trinajstić information content (AvgIpc) is 2.99. The van der Waals surface area contributed by atoms with Gasteiger partial charge < -0.3 is 14.7 Å². The quantitative estimate of drug-likeness (QED) is 0.539. The summed E-state index contributed by atoms with van der Waals surface area (Å²) in [7, 11) is 0. The van der Waals surface area contributed by atoms with Crippen LogP contribution < -0.4 is 5.56 Å². The number of benzene rings is 2. The first-order valence-electron chi connectivity index (χ1n) is 9.16. The average molecular weight is 390 g/mol. The van der Waals surface area contributed by atoms with Crippen LogP contribution in [0.15, 0.2) is 59.5 Å². The SMILES string of the molecule is Cc1ccc2c(c1)c(-c1ccc[nH]c1=O)c(C(=O)O)n2Cc1cccc(C)c1F. The van der Waals surface area contributed by atoms with E-state index in [1.54, 1.807) is 41.8 Å². The van der Waals surface area contributed by atoms with E-state index in [2.05, 4.69) is 4.98 Å². The number of pyridine rings is 1. The van der Waals surface area contributed by atoms with Gasteiger partial charge in [-0.15, -0.1) is 0 Å². The predicted octanol–water partition coefficient (Wildman–Crippen LogP) is 4.50. The summed E-state index contributed by atoms with van der Waals surface area (Å²) in [6.45, 7) is 3.61. The number of nitrogens with one attached hydrogen (secondary N) is 1. The Bertz CT molecular complexity index is 1320. The van der Waals surface area contributed by atoms with E-state index in [0.29, 0.717) is 27.6 Å². The first-order chi connectivity index (χ1) is 13.9. The Kier molecular flexibility index (Phi) is 4.54. The summed E-state index contributed by atoms with van der Waals surface area (Å²) in [5.41, 5.74) is 2.63. The molecular formula is C23H19FN2O3. The molecule has 0 radical (unpaired) electrons. The fourth-order valence-electron chi connectivity index (χ4n) is 3.75. The highest BCUT2D eigenvalue weighted by Gasteiger charge is 2.25. The van der Waals surface area contributed by atoms with Crippen molar-refractivity contribution in [3.8, 4) is 11.1 Å². The molecule has 0 atom stereocenters. The minimum atomic E-state index is -1.18. The number of halogens is 1. The second-order valence-electron chi connectivity index (χ2n) is 7.10. The number of aromatic carboxylic acids is 1. The zero-order valence-corrected chi connectivity index (χ0v) is 16.0. The van der Waals surface area contributed by atoms with Gasteiger partial charge >= 0.3 is 5.97 Å². The highest BCUT2D eigenvalue weighted by Crippen LogP contribution is 2.35. The number of fused-ring (bicyclic) bond motifs is 1. The van der Waals surface area contributed by atoms with Gasteiger partial charge in [-0.1, -0.05) is 29.8 Å². The van der Waals surface area contributed by atoms with Gasteiger partial charge in [-0.05, 0) is 43.7 Å². The Hall–Kier alpha value is -3.67. The van der Waals surface area contributed by atoms with Gasteiger partial charge in [0.15, 0.2) is 0 Å². The van der Waals surface area contributed by atoms with Crippen molar-refractivity contribution in [1.29, 1.82) is 0 Å². The van der Waals surface area contributed by atoms with E-state index in [4.69, 9.17) is 0 Å². The Morgan fingerprint density at radius 3 is 2.66 bits per heavy atom. The number of nitrogens with zero attached hydrogens (tertiary/aromatic N) is 1. The van der Waals surface area contributed by atoms with Crippen molar-refractivity contribution >= 4 is 16.9 Å². The van der Waals surface area contributed by atoms with Crippen LogP contribution in [-0.4, -0.2) is 20.6 Å². The lowest BCUT2D eigenvalue weighted by Crippen LogP contribution is -2.14. The normalized spacial score (nSPS) is 11.1. The van der Waals surface area contributed by atoms with E-state index < -0.39 is 5.97 Å². The predicted molar refractivity (Wildman–Crippen MR) is 110 cm³/mol. The van der Waals surface area contributed by atoms with Crippen LogP contribution in [0.25, 0.3) is 22.0 Å². The molecule has 2 heterocycles. The van der Waals surface area contributed by atoms with E-state index >= 15 is 0 Å². The molecule has 0 unspecified atom stereocenters. The number of carboxylic acids is 1. The van der Waals surface area contributed by atoms with E-state index in [0.717, 1.165) is 5.56 Å². The summed E-state index contributed by atoms with van der Waals surface area (Å²) in [5, 5.41) is 10.7. The lowest BCUT2D eigenvalue weighted by atomic mass is 10.0. The standard InChI is InChI=1S/C23H19FN2O3/c1-13-8-9-18-17(11-13)19(16-7-4-10-25-22(16)27)21(23(28)29)26(18)12-15-6-3-5-14(2)20(15)24/h3-11H,12H2,1-2H3,(H,25,27)(H,28,29). The third kappa shape index (κ3) is 3.12. The monoisotopic (exact) mass is 390 g/mol. The van der Waals surface area contributed by atoms with Crippen LogP contribution in [0.4, 0.5) is 4.39 Å². The highest BCUT2D eigenvalue weighted by atomic mass is 19.1. The summed E-state index contributed by atoms with van der Waals surface area (Å²) in [5.74, 6) is -1.54. The lowest BCUT2D eigenvalue weighted by Gasteiger charge is -2.11. The molecule has 2 aromatic carbocycles. The first kappa shape index (κ1) is 18.7. The van der Waals surface area contributed by atoms with E-state index in [1.807, 2.05) is 25.1 Å². The molecule has 0 saturated carbocycles. The van der Waals surface area contributed by atoms with Gasteiger partial charge in [0.25, 0.3) is 5.56 Å². The number of rotatable bonds is 4. The fraction of sp³-hybridized carbons (Fsp3) is 0.130. The van der Waals surface area contributed by atoms with E-state index in [9.17, 15) is 19.1 Å². The Morgan fingerprint density at radius 1 is 1.14 bits per heavy atom. The molecule has 4 rings (SSSR count). The number of carboxylic acid groups (broad SMARTS) is 1. The van der Waals surface area contributed by atoms with Crippen LogP contribution >= 0.6 is 0 Å². The number of aryl methyl sites for hydroxylation is 2. The zero-order chi connectivity index (χ0) is 20.7. The number of carbonyl (C=O) groups is 1. The molecular weight excluding hydrogens is 371 g/mol. The number of hydrogen-bond acceptors (Lipinski definition) is 2. The maximum atomic E-state index is 14.7. The van der Waals surface area contributed by atoms with Gasteiger partial charge in [0.1, 0.15) is 11.5 Å². The topological polar surface area (TPSA) is 75.1 Å². The fourth-order valence-corrected chi connectivity index (χ4v) is 3.75. The van der Waals surface area contributed by atoms with Gasteiger partial charge in [0.05, 0.1) is 6.54 Å². The number of aromatic nitrogens is 2. The van der Waals surface area contributed by atoms with Gasteiger partial charge in [-0.2, -0.15) is 0 Å². The molecule has 0 aliphatic rings. The molecule has 0 aliphatic heterocycles. The van der Waals surface area contributed by atoms with E-state index in [1.165, 1.54) is 6.20 Å². The maximum absolute atomic E-state index is 14.7. The summed E-state index contributed by atoms with van der Waals surface area (Å²) in [4.78, 5) is 27.4. The van der Waals surface area contributed by atoms with Crippen LogP contribution in [0.1, 0.15) is 27.2 Å². The third-order valence-electron chi connectivity index (χ3n) is 5.11. The van der Waals surface area contributed by atoms with Crippen LogP contribution in [0.2, 0.25) is 0 Å². The molecule has 0 bridgehead atoms. The minimum absolute atomic E-state index is 0.0387. The molecule has 0 amide bonds. The molecule has 6 heteroatoms. The van der Waals surface area contributed by atoms with Gasteiger partial charge in [-0.3, -0.25) is 4.79 Å². The third-order valence-corrected chi connectivity index (χ3v) is 5.11. The molecule has 2 N–H and O–H groups in total. The van der Waals surface area contributed by atoms with Crippen LogP contribution in [-0.2, 0) is 6.54 Å². The Labute approximate surface area is 166 Å². The summed E-state index contributed by atoms with van der Waals surface area (Å²) >= 11 is 0. The second-order valence-corrected chi connectivity index (χ2v) is 7.10. The maximum Gasteiger partial charge on any atom is 0.353 e. The van der Waals surface area contributed by atoms with Crippen molar-refractivity contribution in [2.45, 2.75) is 20.4 Å². The number of aromatic amines is 1. The molecule has 0 aliphatic carbocycles. The summed E-state index contributed by atoms with van der Waals surface area (Å²) in [6.07, 6.45) is 1.50. The first-order valence-corrected chi connectivity index (χ1v) is 9.16. The Morgan fingerprint density at radius 2 is 1.93 bits per heavy atom. The van der Waals surface area contributed by atoms with E-state index in [-0.39, 0.29) is 29.2 Å². The van der Waals surface area contributed by atoms with Crippen molar-refractivity contribution in [2.24, 2.45) is 0 Å². The minimum Gasteiger partial charge on any atom is -0.477 e. The van der Waals surface area contributed by atoms with Gasteiger partial charge in [-0.25, -0.2) is 9.18 Å². The van der Waals surface area contributed by atoms with Crippen molar-refractivity contribution < 1.29 is 14.3 Å². The highest BCUT2D eigenvalue weighted by molar-refractivity contribution is 6.08. The molecule has 146 valence electrons. The molecule has 0 fully saturated rings. The van der Waals surface area contributed by atoms with Crippen molar-refractivity contribution in [2.75, 3.05) is 0 Å². The number of H-pyrrole nitrogens is 1. The summed E-state index contributed by atoms with van der Waals surface area (Å²) < 4.78 is 16.2.